The Morgan fingerprint density at radius 3 is 2.48 bits per heavy atom. The summed E-state index contributed by atoms with van der Waals surface area (Å²) in [5.74, 6) is 0.868. The molecule has 0 bridgehead atoms. The lowest BCUT2D eigenvalue weighted by molar-refractivity contribution is -0.927. The van der Waals surface area contributed by atoms with E-state index < -0.39 is 0 Å². The van der Waals surface area contributed by atoms with E-state index in [2.05, 4.69) is 62.9 Å². The van der Waals surface area contributed by atoms with Crippen molar-refractivity contribution in [3.8, 4) is 0 Å². The molecule has 0 amide bonds. The second-order valence-corrected chi connectivity index (χ2v) is 7.65. The molecule has 1 fully saturated rings. The minimum Gasteiger partial charge on any atom is -0.383 e. The van der Waals surface area contributed by atoms with Crippen LogP contribution in [0.25, 0.3) is 0 Å². The number of anilines is 1. The van der Waals surface area contributed by atoms with Gasteiger partial charge in [-0.15, -0.1) is 5.10 Å². The molecule has 29 heavy (non-hydrogen) atoms. The summed E-state index contributed by atoms with van der Waals surface area (Å²) in [6.07, 6.45) is 0. The Bertz CT molecular complexity index is 893. The minimum absolute atomic E-state index is 0.0528. The predicted molar refractivity (Wildman–Crippen MR) is 112 cm³/mol. The van der Waals surface area contributed by atoms with E-state index in [1.807, 2.05) is 16.8 Å². The summed E-state index contributed by atoms with van der Waals surface area (Å²) in [5.41, 5.74) is 2.45. The van der Waals surface area contributed by atoms with E-state index in [-0.39, 0.29) is 6.04 Å². The van der Waals surface area contributed by atoms with Crippen molar-refractivity contribution in [3.63, 3.8) is 0 Å². The van der Waals surface area contributed by atoms with Crippen molar-refractivity contribution >= 4 is 17.3 Å². The van der Waals surface area contributed by atoms with E-state index in [4.69, 9.17) is 16.3 Å². The number of rotatable bonds is 7. The fourth-order valence-corrected chi connectivity index (χ4v) is 4.08. The topological polar surface area (TPSA) is 60.5 Å². The smallest absolute Gasteiger partial charge is 0.214 e. The van der Waals surface area contributed by atoms with Crippen LogP contribution in [0.2, 0.25) is 5.02 Å². The molecule has 8 heteroatoms. The number of benzene rings is 2. The number of nitrogens with zero attached hydrogens (tertiary/aromatic N) is 5. The maximum Gasteiger partial charge on any atom is 0.214 e. The third kappa shape index (κ3) is 4.58. The van der Waals surface area contributed by atoms with Gasteiger partial charge in [0, 0.05) is 23.4 Å². The number of halogens is 1. The number of hydrogen-bond donors (Lipinski definition) is 1. The van der Waals surface area contributed by atoms with Crippen LogP contribution < -0.4 is 9.80 Å². The first-order chi connectivity index (χ1) is 14.3. The average Bonchev–Trinajstić information content (AvgIpc) is 3.23. The lowest BCUT2D eigenvalue weighted by atomic mass is 10.0. The number of para-hydroxylation sites is 1. The maximum atomic E-state index is 6.14. The standard InChI is InChI=1S/C21H25ClN6O/c1-29-16-15-28-21(23-24-25-28)20(17-7-9-18(22)10-8-17)27-13-11-26(12-14-27)19-5-3-2-4-6-19/h2-10,20H,11-16H2,1H3/p+1/t20-/m1/s1. The number of aromatic nitrogens is 4. The van der Waals surface area contributed by atoms with Gasteiger partial charge < -0.3 is 14.5 Å². The van der Waals surface area contributed by atoms with Crippen molar-refractivity contribution in [2.45, 2.75) is 12.6 Å². The summed E-state index contributed by atoms with van der Waals surface area (Å²) < 4.78 is 7.09. The average molecular weight is 414 g/mol. The van der Waals surface area contributed by atoms with Gasteiger partial charge in [-0.1, -0.05) is 41.9 Å². The molecule has 2 aromatic carbocycles. The Morgan fingerprint density at radius 1 is 1.07 bits per heavy atom. The van der Waals surface area contributed by atoms with Crippen molar-refractivity contribution < 1.29 is 9.64 Å². The van der Waals surface area contributed by atoms with Crippen molar-refractivity contribution in [1.82, 2.24) is 20.2 Å². The first-order valence-electron chi connectivity index (χ1n) is 9.91. The lowest BCUT2D eigenvalue weighted by Gasteiger charge is -2.37. The number of hydrogen-bond acceptors (Lipinski definition) is 5. The molecule has 2 heterocycles. The molecule has 152 valence electrons. The van der Waals surface area contributed by atoms with E-state index in [9.17, 15) is 0 Å². The quantitative estimate of drug-likeness (QED) is 0.635. The Balaban J connectivity index is 1.58. The van der Waals surface area contributed by atoms with Crippen LogP contribution in [-0.2, 0) is 11.3 Å². The molecule has 1 saturated heterocycles. The largest absolute Gasteiger partial charge is 0.383 e. The van der Waals surface area contributed by atoms with Crippen LogP contribution in [0.15, 0.2) is 54.6 Å². The summed E-state index contributed by atoms with van der Waals surface area (Å²) in [5, 5.41) is 13.3. The van der Waals surface area contributed by atoms with Crippen LogP contribution in [0, 0.1) is 0 Å². The summed E-state index contributed by atoms with van der Waals surface area (Å²) >= 11 is 6.14. The second-order valence-electron chi connectivity index (χ2n) is 7.22. The summed E-state index contributed by atoms with van der Waals surface area (Å²) in [4.78, 5) is 3.89. The highest BCUT2D eigenvalue weighted by atomic mass is 35.5. The molecule has 7 nitrogen and oxygen atoms in total. The number of ether oxygens (including phenoxy) is 1. The Labute approximate surface area is 175 Å². The highest BCUT2D eigenvalue weighted by Gasteiger charge is 2.34. The van der Waals surface area contributed by atoms with Gasteiger partial charge in [0.25, 0.3) is 0 Å². The fraction of sp³-hybridized carbons (Fsp3) is 0.381. The van der Waals surface area contributed by atoms with Crippen molar-refractivity contribution in [2.24, 2.45) is 0 Å². The molecule has 0 unspecified atom stereocenters. The van der Waals surface area contributed by atoms with Gasteiger partial charge in [-0.25, -0.2) is 4.68 Å². The molecule has 1 aliphatic heterocycles. The van der Waals surface area contributed by atoms with Crippen LogP contribution in [0.4, 0.5) is 5.69 Å². The normalized spacial score (nSPS) is 16.1. The second kappa shape index (κ2) is 9.35. The van der Waals surface area contributed by atoms with Gasteiger partial charge in [-0.2, -0.15) is 0 Å². The lowest BCUT2D eigenvalue weighted by Crippen LogP contribution is -3.15. The summed E-state index contributed by atoms with van der Waals surface area (Å²) in [6, 6.07) is 18.7. The van der Waals surface area contributed by atoms with Crippen LogP contribution in [0.1, 0.15) is 17.4 Å². The van der Waals surface area contributed by atoms with Crippen LogP contribution >= 0.6 is 11.6 Å². The maximum absolute atomic E-state index is 6.14. The summed E-state index contributed by atoms with van der Waals surface area (Å²) in [7, 11) is 1.69. The van der Waals surface area contributed by atoms with E-state index in [0.717, 1.165) is 37.0 Å². The molecule has 4 rings (SSSR count). The summed E-state index contributed by atoms with van der Waals surface area (Å²) in [6.45, 7) is 5.18. The first kappa shape index (κ1) is 19.8. The van der Waals surface area contributed by atoms with Crippen molar-refractivity contribution in [1.29, 1.82) is 0 Å². The van der Waals surface area contributed by atoms with Gasteiger partial charge >= 0.3 is 0 Å². The molecule has 0 radical (unpaired) electrons. The molecule has 0 aliphatic carbocycles. The Morgan fingerprint density at radius 2 is 1.79 bits per heavy atom. The number of nitrogens with one attached hydrogen (secondary N) is 1. The highest BCUT2D eigenvalue weighted by Crippen LogP contribution is 2.21. The van der Waals surface area contributed by atoms with Gasteiger partial charge in [-0.3, -0.25) is 0 Å². The predicted octanol–water partition coefficient (Wildman–Crippen LogP) is 1.47. The molecule has 0 saturated carbocycles. The van der Waals surface area contributed by atoms with Crippen LogP contribution in [0.3, 0.4) is 0 Å². The van der Waals surface area contributed by atoms with E-state index in [1.165, 1.54) is 16.2 Å². The zero-order valence-corrected chi connectivity index (χ0v) is 17.3. The molecular formula is C21H26ClN6O+. The van der Waals surface area contributed by atoms with Crippen molar-refractivity contribution in [3.05, 3.63) is 71.0 Å². The SMILES string of the molecule is COCCn1nnnc1[C@@H](c1ccc(Cl)cc1)[NH+]1CCN(c2ccccc2)CC1. The zero-order chi connectivity index (χ0) is 20.1. The third-order valence-corrected chi connectivity index (χ3v) is 5.72. The Kier molecular flexibility index (Phi) is 6.39. The van der Waals surface area contributed by atoms with Gasteiger partial charge in [0.15, 0.2) is 6.04 Å². The monoisotopic (exact) mass is 413 g/mol. The highest BCUT2D eigenvalue weighted by molar-refractivity contribution is 6.30. The van der Waals surface area contributed by atoms with E-state index >= 15 is 0 Å². The van der Waals surface area contributed by atoms with E-state index in [0.29, 0.717) is 13.2 Å². The molecule has 1 aliphatic rings. The molecule has 3 aromatic rings. The fourth-order valence-electron chi connectivity index (χ4n) is 3.96. The first-order valence-corrected chi connectivity index (χ1v) is 10.3. The number of quaternary nitrogens is 1. The van der Waals surface area contributed by atoms with Gasteiger partial charge in [0.2, 0.25) is 5.82 Å². The molecular weight excluding hydrogens is 388 g/mol. The molecule has 1 N–H and O–H groups in total. The third-order valence-electron chi connectivity index (χ3n) is 5.46. The van der Waals surface area contributed by atoms with Crippen LogP contribution in [-0.4, -0.2) is 60.1 Å². The molecule has 0 spiro atoms. The number of tetrazole rings is 1. The number of piperazine rings is 1. The Hall–Kier alpha value is -2.48. The van der Waals surface area contributed by atoms with Crippen LogP contribution in [0.5, 0.6) is 0 Å². The van der Waals surface area contributed by atoms with E-state index in [1.54, 1.807) is 7.11 Å². The minimum atomic E-state index is 0.0528. The number of methoxy groups -OCH3 is 1. The van der Waals surface area contributed by atoms with Gasteiger partial charge in [0.1, 0.15) is 0 Å². The molecule has 1 atom stereocenters. The van der Waals surface area contributed by atoms with Crippen molar-refractivity contribution in [2.75, 3.05) is 44.8 Å². The van der Waals surface area contributed by atoms with Gasteiger partial charge in [-0.05, 0) is 34.7 Å². The zero-order valence-electron chi connectivity index (χ0n) is 16.5. The van der Waals surface area contributed by atoms with Gasteiger partial charge in [0.05, 0.1) is 39.3 Å². The molecule has 1 aromatic heterocycles.